The van der Waals surface area contributed by atoms with Gasteiger partial charge >= 0.3 is 11.8 Å². The summed E-state index contributed by atoms with van der Waals surface area (Å²) in [5.41, 5.74) is 5.17. The number of thiocarbonyl (C=S) groups is 1. The van der Waals surface area contributed by atoms with Crippen LogP contribution in [0.1, 0.15) is 20.3 Å². The molecule has 0 spiro atoms. The van der Waals surface area contributed by atoms with E-state index in [0.29, 0.717) is 12.5 Å². The van der Waals surface area contributed by atoms with Crippen molar-refractivity contribution in [2.24, 2.45) is 11.7 Å². The number of amides is 3. The van der Waals surface area contributed by atoms with Crippen molar-refractivity contribution in [2.75, 3.05) is 19.6 Å². The largest absolute Gasteiger partial charge is 0.392 e. The van der Waals surface area contributed by atoms with E-state index in [1.165, 1.54) is 0 Å². The maximum atomic E-state index is 11.3. The maximum absolute atomic E-state index is 11.3. The predicted molar refractivity (Wildman–Crippen MR) is 75.3 cm³/mol. The van der Waals surface area contributed by atoms with Gasteiger partial charge in [0.2, 0.25) is 5.91 Å². The van der Waals surface area contributed by atoms with Crippen molar-refractivity contribution in [1.82, 2.24) is 16.0 Å². The number of hydrogen-bond acceptors (Lipinski definition) is 4. The molecule has 0 aliphatic rings. The number of carbonyl (C=O) groups excluding carboxylic acids is 3. The van der Waals surface area contributed by atoms with Crippen molar-refractivity contribution in [1.29, 1.82) is 0 Å². The lowest BCUT2D eigenvalue weighted by atomic mass is 10.2. The van der Waals surface area contributed by atoms with Crippen molar-refractivity contribution < 1.29 is 14.4 Å². The van der Waals surface area contributed by atoms with Gasteiger partial charge in [0.05, 0.1) is 11.5 Å². The summed E-state index contributed by atoms with van der Waals surface area (Å²) in [6, 6.07) is 0. The van der Waals surface area contributed by atoms with Crippen molar-refractivity contribution in [3.63, 3.8) is 0 Å². The Morgan fingerprint density at radius 3 is 2.21 bits per heavy atom. The van der Waals surface area contributed by atoms with Gasteiger partial charge in [0.1, 0.15) is 0 Å². The molecule has 0 rings (SSSR count). The second-order valence-electron chi connectivity index (χ2n) is 4.35. The third kappa shape index (κ3) is 9.95. The van der Waals surface area contributed by atoms with E-state index < -0.39 is 11.8 Å². The summed E-state index contributed by atoms with van der Waals surface area (Å²) in [6.07, 6.45) is 0.126. The van der Waals surface area contributed by atoms with Crippen LogP contribution in [0.2, 0.25) is 0 Å². The zero-order chi connectivity index (χ0) is 14.8. The molecule has 19 heavy (non-hydrogen) atoms. The summed E-state index contributed by atoms with van der Waals surface area (Å²) in [4.78, 5) is 33.9. The molecule has 8 heteroatoms. The van der Waals surface area contributed by atoms with E-state index in [1.54, 1.807) is 0 Å². The maximum Gasteiger partial charge on any atom is 0.309 e. The average molecular weight is 288 g/mol. The standard InChI is InChI=1S/C11H20N4O3S/c1-7(2)5-14-9(16)3-4-13-10(17)11(18)15-6-8(12)19/h7H,3-6H2,1-2H3,(H2,12,19)(H,13,17)(H,14,16)(H,15,18). The van der Waals surface area contributed by atoms with Crippen LogP contribution >= 0.6 is 12.2 Å². The number of carbonyl (C=O) groups is 3. The van der Waals surface area contributed by atoms with Gasteiger partial charge in [-0.15, -0.1) is 0 Å². The SMILES string of the molecule is CC(C)CNC(=O)CCNC(=O)C(=O)NCC(N)=S. The van der Waals surface area contributed by atoms with Crippen molar-refractivity contribution in [3.8, 4) is 0 Å². The Labute approximate surface area is 117 Å². The van der Waals surface area contributed by atoms with Crippen LogP contribution < -0.4 is 21.7 Å². The molecule has 0 aromatic rings. The molecule has 0 aliphatic heterocycles. The molecule has 108 valence electrons. The minimum absolute atomic E-state index is 0.0313. The van der Waals surface area contributed by atoms with Crippen LogP contribution in [0.15, 0.2) is 0 Å². The highest BCUT2D eigenvalue weighted by molar-refractivity contribution is 7.80. The zero-order valence-corrected chi connectivity index (χ0v) is 11.9. The third-order valence-electron chi connectivity index (χ3n) is 1.97. The van der Waals surface area contributed by atoms with Gasteiger partial charge in [-0.2, -0.15) is 0 Å². The molecule has 0 aromatic heterocycles. The molecule has 0 aromatic carbocycles. The molecular weight excluding hydrogens is 268 g/mol. The fraction of sp³-hybridized carbons (Fsp3) is 0.636. The van der Waals surface area contributed by atoms with Crippen LogP contribution in [0.4, 0.5) is 0 Å². The number of nitrogens with two attached hydrogens (primary N) is 1. The molecule has 0 saturated carbocycles. The Morgan fingerprint density at radius 2 is 1.68 bits per heavy atom. The van der Waals surface area contributed by atoms with Gasteiger partial charge in [-0.25, -0.2) is 0 Å². The van der Waals surface area contributed by atoms with Gasteiger partial charge in [0, 0.05) is 19.5 Å². The van der Waals surface area contributed by atoms with Crippen LogP contribution in [0.5, 0.6) is 0 Å². The number of rotatable bonds is 7. The molecule has 7 nitrogen and oxygen atoms in total. The van der Waals surface area contributed by atoms with Crippen LogP contribution in [-0.2, 0) is 14.4 Å². The quantitative estimate of drug-likeness (QED) is 0.342. The minimum Gasteiger partial charge on any atom is -0.392 e. The molecule has 0 radical (unpaired) electrons. The Balaban J connectivity index is 3.76. The highest BCUT2D eigenvalue weighted by Gasteiger charge is 2.13. The summed E-state index contributed by atoms with van der Waals surface area (Å²) in [7, 11) is 0. The first-order chi connectivity index (χ1) is 8.82. The van der Waals surface area contributed by atoms with E-state index in [0.717, 1.165) is 0 Å². The first kappa shape index (κ1) is 17.3. The number of nitrogens with one attached hydrogen (secondary N) is 3. The van der Waals surface area contributed by atoms with Gasteiger partial charge in [-0.05, 0) is 5.92 Å². The van der Waals surface area contributed by atoms with Gasteiger partial charge in [0.15, 0.2) is 0 Å². The van der Waals surface area contributed by atoms with Gasteiger partial charge in [-0.3, -0.25) is 14.4 Å². The molecule has 3 amide bonds. The molecule has 0 aliphatic carbocycles. The highest BCUT2D eigenvalue weighted by Crippen LogP contribution is 1.87. The van der Waals surface area contributed by atoms with Crippen LogP contribution in [0.25, 0.3) is 0 Å². The van der Waals surface area contributed by atoms with E-state index in [2.05, 4.69) is 28.2 Å². The molecule has 0 heterocycles. The molecular formula is C11H20N4O3S. The molecule has 0 unspecified atom stereocenters. The normalized spacial score (nSPS) is 9.84. The monoisotopic (exact) mass is 288 g/mol. The molecule has 0 atom stereocenters. The molecule has 0 fully saturated rings. The molecule has 0 saturated heterocycles. The lowest BCUT2D eigenvalue weighted by Gasteiger charge is -2.08. The summed E-state index contributed by atoms with van der Waals surface area (Å²) < 4.78 is 0. The first-order valence-corrected chi connectivity index (χ1v) is 6.34. The smallest absolute Gasteiger partial charge is 0.309 e. The van der Waals surface area contributed by atoms with Crippen molar-refractivity contribution in [2.45, 2.75) is 20.3 Å². The van der Waals surface area contributed by atoms with Crippen LogP contribution in [0.3, 0.4) is 0 Å². The third-order valence-corrected chi connectivity index (χ3v) is 2.12. The first-order valence-electron chi connectivity index (χ1n) is 5.94. The fourth-order valence-corrected chi connectivity index (χ4v) is 1.10. The lowest BCUT2D eigenvalue weighted by Crippen LogP contribution is -2.43. The minimum atomic E-state index is -0.824. The molecule has 0 bridgehead atoms. The van der Waals surface area contributed by atoms with Crippen molar-refractivity contribution >= 4 is 34.9 Å². The summed E-state index contributed by atoms with van der Waals surface area (Å²) in [5, 5.41) is 7.27. The summed E-state index contributed by atoms with van der Waals surface area (Å²) >= 11 is 4.55. The Kier molecular flexibility index (Phi) is 8.43. The number of hydrogen-bond donors (Lipinski definition) is 4. The Hall–Kier alpha value is -1.70. The van der Waals surface area contributed by atoms with Gasteiger partial charge in [0.25, 0.3) is 0 Å². The van der Waals surface area contributed by atoms with Crippen LogP contribution in [0, 0.1) is 5.92 Å². The van der Waals surface area contributed by atoms with Crippen LogP contribution in [-0.4, -0.2) is 42.3 Å². The topological polar surface area (TPSA) is 113 Å². The second-order valence-corrected chi connectivity index (χ2v) is 4.88. The molecule has 5 N–H and O–H groups in total. The van der Waals surface area contributed by atoms with E-state index in [1.807, 2.05) is 13.8 Å². The van der Waals surface area contributed by atoms with Gasteiger partial charge < -0.3 is 21.7 Å². The Morgan fingerprint density at radius 1 is 1.11 bits per heavy atom. The van der Waals surface area contributed by atoms with E-state index in [9.17, 15) is 14.4 Å². The highest BCUT2D eigenvalue weighted by atomic mass is 32.1. The second kappa shape index (κ2) is 9.26. The van der Waals surface area contributed by atoms with Gasteiger partial charge in [-0.1, -0.05) is 26.1 Å². The predicted octanol–water partition coefficient (Wildman–Crippen LogP) is -1.33. The zero-order valence-electron chi connectivity index (χ0n) is 11.1. The van der Waals surface area contributed by atoms with E-state index in [-0.39, 0.29) is 30.4 Å². The average Bonchev–Trinajstić information content (AvgIpc) is 2.33. The summed E-state index contributed by atoms with van der Waals surface area (Å²) in [5.74, 6) is -1.44. The fourth-order valence-electron chi connectivity index (χ4n) is 1.02. The summed E-state index contributed by atoms with van der Waals surface area (Å²) in [6.45, 7) is 4.61. The van der Waals surface area contributed by atoms with E-state index in [4.69, 9.17) is 5.73 Å². The van der Waals surface area contributed by atoms with Crippen molar-refractivity contribution in [3.05, 3.63) is 0 Å². The Bertz CT molecular complexity index is 358. The van der Waals surface area contributed by atoms with E-state index >= 15 is 0 Å². The lowest BCUT2D eigenvalue weighted by molar-refractivity contribution is -0.139.